The molecule has 0 spiro atoms. The van der Waals surface area contributed by atoms with Gasteiger partial charge in [-0.15, -0.1) is 0 Å². The van der Waals surface area contributed by atoms with Crippen LogP contribution in [0.25, 0.3) is 11.0 Å². The van der Waals surface area contributed by atoms with Gasteiger partial charge in [0.25, 0.3) is 0 Å². The van der Waals surface area contributed by atoms with Gasteiger partial charge in [-0.3, -0.25) is 14.7 Å². The van der Waals surface area contributed by atoms with Crippen LogP contribution >= 0.6 is 0 Å². The normalized spacial score (nSPS) is 16.2. The lowest BCUT2D eigenvalue weighted by molar-refractivity contribution is -0.121. The molecule has 0 saturated heterocycles. The van der Waals surface area contributed by atoms with Gasteiger partial charge in [0.15, 0.2) is 5.65 Å². The zero-order valence-electron chi connectivity index (χ0n) is 14.4. The van der Waals surface area contributed by atoms with Crippen molar-refractivity contribution in [2.45, 2.75) is 26.2 Å². The summed E-state index contributed by atoms with van der Waals surface area (Å²) in [5, 5.41) is 13.6. The largest absolute Gasteiger partial charge is 0.326 e. The van der Waals surface area contributed by atoms with Crippen LogP contribution in [0.3, 0.4) is 0 Å². The number of nitrogens with zero attached hydrogens (tertiary/aromatic N) is 2. The highest BCUT2D eigenvalue weighted by atomic mass is 16.2. The molecule has 132 valence electrons. The number of H-pyrrole nitrogens is 1. The minimum atomic E-state index is -0.188. The number of nitrogens with one attached hydrogen (secondary N) is 3. The Hall–Kier alpha value is -3.22. The Labute approximate surface area is 150 Å². The number of amides is 2. The van der Waals surface area contributed by atoms with Crippen LogP contribution < -0.4 is 10.6 Å². The molecular weight excluding hydrogens is 330 g/mol. The number of carbonyl (C=O) groups excluding carboxylic acids is 2. The van der Waals surface area contributed by atoms with Gasteiger partial charge in [0.2, 0.25) is 11.8 Å². The van der Waals surface area contributed by atoms with Crippen molar-refractivity contribution in [2.75, 3.05) is 10.6 Å². The molecule has 0 aliphatic carbocycles. The summed E-state index contributed by atoms with van der Waals surface area (Å²) in [6.07, 6.45) is 3.04. The first kappa shape index (κ1) is 16.3. The molecule has 2 aromatic heterocycles. The second-order valence-electron chi connectivity index (χ2n) is 6.58. The Bertz CT molecular complexity index is 995. The average molecular weight is 349 g/mol. The minimum absolute atomic E-state index is 0.0198. The second-order valence-corrected chi connectivity index (χ2v) is 6.58. The predicted octanol–water partition coefficient (Wildman–Crippen LogP) is 2.80. The molecule has 0 radical (unpaired) electrons. The van der Waals surface area contributed by atoms with Gasteiger partial charge >= 0.3 is 0 Å². The molecule has 1 aliphatic rings. The summed E-state index contributed by atoms with van der Waals surface area (Å²) in [6.45, 7) is 1.90. The van der Waals surface area contributed by atoms with Crippen molar-refractivity contribution in [2.24, 2.45) is 5.92 Å². The van der Waals surface area contributed by atoms with Gasteiger partial charge < -0.3 is 10.6 Å². The van der Waals surface area contributed by atoms with E-state index in [0.29, 0.717) is 24.2 Å². The van der Waals surface area contributed by atoms with Crippen LogP contribution in [-0.2, 0) is 16.0 Å². The Balaban J connectivity index is 1.37. The van der Waals surface area contributed by atoms with Crippen LogP contribution in [0.4, 0.5) is 11.4 Å². The zero-order chi connectivity index (χ0) is 18.1. The Morgan fingerprint density at radius 1 is 1.35 bits per heavy atom. The maximum absolute atomic E-state index is 12.3. The first-order chi connectivity index (χ1) is 12.6. The number of aryl methyl sites for hydroxylation is 1. The maximum atomic E-state index is 12.3. The molecule has 0 bridgehead atoms. The quantitative estimate of drug-likeness (QED) is 0.674. The van der Waals surface area contributed by atoms with E-state index in [2.05, 4.69) is 25.8 Å². The number of hydrogen-bond donors (Lipinski definition) is 3. The molecule has 1 aliphatic heterocycles. The molecular formula is C19H19N5O2. The van der Waals surface area contributed by atoms with E-state index in [4.69, 9.17) is 0 Å². The summed E-state index contributed by atoms with van der Waals surface area (Å²) >= 11 is 0. The third-order valence-corrected chi connectivity index (χ3v) is 4.72. The molecule has 1 aromatic carbocycles. The first-order valence-corrected chi connectivity index (χ1v) is 8.59. The van der Waals surface area contributed by atoms with Gasteiger partial charge in [-0.2, -0.15) is 5.10 Å². The minimum Gasteiger partial charge on any atom is -0.326 e. The highest BCUT2D eigenvalue weighted by Gasteiger charge is 2.26. The van der Waals surface area contributed by atoms with E-state index in [0.717, 1.165) is 22.3 Å². The molecule has 7 heteroatoms. The van der Waals surface area contributed by atoms with Crippen molar-refractivity contribution in [1.82, 2.24) is 15.2 Å². The lowest BCUT2D eigenvalue weighted by Crippen LogP contribution is -2.30. The number of para-hydroxylation sites is 1. The maximum Gasteiger partial charge on any atom is 0.227 e. The third kappa shape index (κ3) is 3.15. The molecule has 0 unspecified atom stereocenters. The van der Waals surface area contributed by atoms with E-state index < -0.39 is 0 Å². The van der Waals surface area contributed by atoms with Crippen LogP contribution in [0.5, 0.6) is 0 Å². The standard InChI is InChI=1S/C19H19N5O2/c1-11-15-9-14(10-20-18(15)24-23-11)21-17(25)7-6-13-8-12-4-2-3-5-16(12)22-19(13)26/h2-5,9-10,13H,6-8H2,1H3,(H,21,25)(H,22,26)(H,20,23,24)/t13-/m1/s1. The molecule has 26 heavy (non-hydrogen) atoms. The highest BCUT2D eigenvalue weighted by Crippen LogP contribution is 2.27. The smallest absolute Gasteiger partial charge is 0.227 e. The molecule has 3 heterocycles. The zero-order valence-corrected chi connectivity index (χ0v) is 14.4. The molecule has 4 rings (SSSR count). The number of fused-ring (bicyclic) bond motifs is 2. The van der Waals surface area contributed by atoms with Gasteiger partial charge in [0, 0.05) is 29.1 Å². The lowest BCUT2D eigenvalue weighted by Gasteiger charge is -2.24. The molecule has 2 amide bonds. The second kappa shape index (κ2) is 6.59. The molecule has 0 fully saturated rings. The number of anilines is 2. The van der Waals surface area contributed by atoms with E-state index in [1.54, 1.807) is 6.20 Å². The number of aromatic nitrogens is 3. The van der Waals surface area contributed by atoms with Crippen molar-refractivity contribution < 1.29 is 9.59 Å². The topological polar surface area (TPSA) is 99.8 Å². The number of pyridine rings is 1. The number of carbonyl (C=O) groups is 2. The average Bonchev–Trinajstić information content (AvgIpc) is 3.00. The summed E-state index contributed by atoms with van der Waals surface area (Å²) in [5.74, 6) is -0.333. The summed E-state index contributed by atoms with van der Waals surface area (Å²) in [5.41, 5.74) is 4.14. The van der Waals surface area contributed by atoms with Gasteiger partial charge in [-0.05, 0) is 37.5 Å². The van der Waals surface area contributed by atoms with Crippen molar-refractivity contribution in [3.05, 3.63) is 47.8 Å². The molecule has 7 nitrogen and oxygen atoms in total. The van der Waals surface area contributed by atoms with Crippen LogP contribution in [0, 0.1) is 12.8 Å². The van der Waals surface area contributed by atoms with Crippen molar-refractivity contribution in [3.8, 4) is 0 Å². The van der Waals surface area contributed by atoms with E-state index in [-0.39, 0.29) is 24.2 Å². The van der Waals surface area contributed by atoms with Crippen molar-refractivity contribution in [3.63, 3.8) is 0 Å². The molecule has 3 N–H and O–H groups in total. The summed E-state index contributed by atoms with van der Waals surface area (Å²) in [7, 11) is 0. The van der Waals surface area contributed by atoms with E-state index in [9.17, 15) is 9.59 Å². The van der Waals surface area contributed by atoms with Crippen molar-refractivity contribution >= 4 is 34.2 Å². The SMILES string of the molecule is Cc1[nH]nc2ncc(NC(=O)CC[C@@H]3Cc4ccccc4NC3=O)cc12. The van der Waals surface area contributed by atoms with E-state index in [1.165, 1.54) is 0 Å². The fraction of sp³-hybridized carbons (Fsp3) is 0.263. The highest BCUT2D eigenvalue weighted by molar-refractivity contribution is 5.97. The monoisotopic (exact) mass is 349 g/mol. The summed E-state index contributed by atoms with van der Waals surface area (Å²) in [6, 6.07) is 9.62. The predicted molar refractivity (Wildman–Crippen MR) is 98.8 cm³/mol. The molecule has 3 aromatic rings. The molecule has 0 saturated carbocycles. The van der Waals surface area contributed by atoms with Crippen molar-refractivity contribution in [1.29, 1.82) is 0 Å². The number of benzene rings is 1. The Morgan fingerprint density at radius 2 is 2.19 bits per heavy atom. The summed E-state index contributed by atoms with van der Waals surface area (Å²) < 4.78 is 0. The number of aromatic amines is 1. The van der Waals surface area contributed by atoms with E-state index in [1.807, 2.05) is 37.3 Å². The molecule has 1 atom stereocenters. The lowest BCUT2D eigenvalue weighted by atomic mass is 9.89. The van der Waals surface area contributed by atoms with Gasteiger partial charge in [0.05, 0.1) is 11.9 Å². The Kier molecular flexibility index (Phi) is 4.12. The summed E-state index contributed by atoms with van der Waals surface area (Å²) in [4.78, 5) is 28.7. The van der Waals surface area contributed by atoms with E-state index >= 15 is 0 Å². The van der Waals surface area contributed by atoms with Gasteiger partial charge in [0.1, 0.15) is 0 Å². The van der Waals surface area contributed by atoms with Crippen LogP contribution in [0.2, 0.25) is 0 Å². The Morgan fingerprint density at radius 3 is 3.08 bits per heavy atom. The fourth-order valence-electron chi connectivity index (χ4n) is 3.26. The van der Waals surface area contributed by atoms with Gasteiger partial charge in [-0.25, -0.2) is 4.98 Å². The van der Waals surface area contributed by atoms with Gasteiger partial charge in [-0.1, -0.05) is 18.2 Å². The van der Waals surface area contributed by atoms with Crippen LogP contribution in [0.15, 0.2) is 36.5 Å². The number of hydrogen-bond acceptors (Lipinski definition) is 4. The van der Waals surface area contributed by atoms with Crippen LogP contribution in [-0.4, -0.2) is 27.0 Å². The van der Waals surface area contributed by atoms with Crippen LogP contribution in [0.1, 0.15) is 24.1 Å². The fourth-order valence-corrected chi connectivity index (χ4v) is 3.26. The third-order valence-electron chi connectivity index (χ3n) is 4.72. The number of rotatable bonds is 4. The first-order valence-electron chi connectivity index (χ1n) is 8.59.